The molecule has 0 aliphatic rings. The van der Waals surface area contributed by atoms with Crippen LogP contribution in [0.3, 0.4) is 0 Å². The van der Waals surface area contributed by atoms with Crippen LogP contribution in [0, 0.1) is 6.92 Å². The summed E-state index contributed by atoms with van der Waals surface area (Å²) in [5.41, 5.74) is 2.03. The van der Waals surface area contributed by atoms with Crippen molar-refractivity contribution in [2.24, 2.45) is 4.99 Å². The van der Waals surface area contributed by atoms with Gasteiger partial charge in [0.1, 0.15) is 5.01 Å². The maximum absolute atomic E-state index is 4.43. The van der Waals surface area contributed by atoms with Gasteiger partial charge in [0.15, 0.2) is 0 Å². The van der Waals surface area contributed by atoms with Crippen molar-refractivity contribution in [1.29, 1.82) is 0 Å². The first-order chi connectivity index (χ1) is 7.28. The lowest BCUT2D eigenvalue weighted by Crippen LogP contribution is -1.96. The maximum atomic E-state index is 4.43. The van der Waals surface area contributed by atoms with Crippen molar-refractivity contribution < 1.29 is 0 Å². The highest BCUT2D eigenvalue weighted by Gasteiger charge is 1.93. The molecular weight excluding hydrogens is 226 g/mol. The van der Waals surface area contributed by atoms with Crippen molar-refractivity contribution in [1.82, 2.24) is 4.98 Å². The predicted octanol–water partition coefficient (Wildman–Crippen LogP) is 2.79. The molecule has 1 N–H and O–H groups in total. The maximum Gasteiger partial charge on any atom is 0.220 e. The van der Waals surface area contributed by atoms with Crippen molar-refractivity contribution >= 4 is 32.1 Å². The molecule has 0 saturated carbocycles. The van der Waals surface area contributed by atoms with E-state index in [-0.39, 0.29) is 0 Å². The molecule has 1 aromatic carbocycles. The lowest BCUT2D eigenvalue weighted by Gasteiger charge is -1.98. The molecule has 0 aliphatic heterocycles. The third-order valence-corrected chi connectivity index (χ3v) is 4.04. The second-order valence-electron chi connectivity index (χ2n) is 2.99. The summed E-state index contributed by atoms with van der Waals surface area (Å²) in [5, 5.41) is 4.13. The van der Waals surface area contributed by atoms with Gasteiger partial charge >= 0.3 is 0 Å². The fraction of sp³-hybridized carbons (Fsp3) is 0.200. The molecule has 0 spiro atoms. The summed E-state index contributed by atoms with van der Waals surface area (Å²) in [6, 6.07) is 7.96. The molecule has 3 nitrogen and oxygen atoms in total. The molecule has 0 saturated heterocycles. The standard InChI is InChI=1S/C10H11N3S2/c1-7-12-10(15-14-7)13-9-5-3-8(11-2)4-6-9/h3-6,11H,1-2H3. The first-order valence-electron chi connectivity index (χ1n) is 4.54. The monoisotopic (exact) mass is 237 g/mol. The molecule has 1 aromatic heterocycles. The Morgan fingerprint density at radius 1 is 1.20 bits per heavy atom. The van der Waals surface area contributed by atoms with Gasteiger partial charge in [-0.05, 0) is 41.5 Å². The van der Waals surface area contributed by atoms with Gasteiger partial charge in [-0.25, -0.2) is 9.98 Å². The number of aromatic nitrogens is 1. The van der Waals surface area contributed by atoms with E-state index in [4.69, 9.17) is 0 Å². The lowest BCUT2D eigenvalue weighted by molar-refractivity contribution is 1.18. The number of benzene rings is 1. The Morgan fingerprint density at radius 2 is 1.93 bits per heavy atom. The molecule has 0 unspecified atom stereocenters. The number of nitrogens with one attached hydrogen (secondary N) is 1. The minimum Gasteiger partial charge on any atom is -0.388 e. The van der Waals surface area contributed by atoms with Crippen LogP contribution in [-0.4, -0.2) is 12.0 Å². The molecule has 1 heterocycles. The molecule has 0 atom stereocenters. The molecule has 5 heteroatoms. The van der Waals surface area contributed by atoms with E-state index in [0.29, 0.717) is 0 Å². The van der Waals surface area contributed by atoms with Gasteiger partial charge in [-0.3, -0.25) is 0 Å². The van der Waals surface area contributed by atoms with Gasteiger partial charge in [0, 0.05) is 12.7 Å². The first kappa shape index (κ1) is 10.3. The second kappa shape index (κ2) is 4.55. The van der Waals surface area contributed by atoms with Crippen LogP contribution >= 0.6 is 20.7 Å². The third-order valence-electron chi connectivity index (χ3n) is 1.87. The van der Waals surface area contributed by atoms with Crippen molar-refractivity contribution in [2.45, 2.75) is 6.92 Å². The summed E-state index contributed by atoms with van der Waals surface area (Å²) >= 11 is 0. The molecule has 0 aliphatic carbocycles. The number of hydrogen-bond donors (Lipinski definition) is 1. The molecule has 78 valence electrons. The average Bonchev–Trinajstić information content (AvgIpc) is 2.65. The van der Waals surface area contributed by atoms with E-state index in [9.17, 15) is 0 Å². The molecular formula is C10H11N3S2. The summed E-state index contributed by atoms with van der Waals surface area (Å²) in [7, 11) is 5.16. The van der Waals surface area contributed by atoms with Crippen LogP contribution in [0.2, 0.25) is 0 Å². The van der Waals surface area contributed by atoms with Crippen LogP contribution in [0.25, 0.3) is 0 Å². The van der Waals surface area contributed by atoms with E-state index in [2.05, 4.69) is 15.3 Å². The summed E-state index contributed by atoms with van der Waals surface area (Å²) < 4.78 is 0. The largest absolute Gasteiger partial charge is 0.388 e. The van der Waals surface area contributed by atoms with Gasteiger partial charge in [-0.1, -0.05) is 10.3 Å². The Hall–Kier alpha value is -1.20. The van der Waals surface area contributed by atoms with E-state index in [0.717, 1.165) is 21.2 Å². The highest BCUT2D eigenvalue weighted by atomic mass is 32.9. The van der Waals surface area contributed by atoms with Crippen molar-refractivity contribution in [3.63, 3.8) is 0 Å². The molecule has 2 rings (SSSR count). The van der Waals surface area contributed by atoms with E-state index >= 15 is 0 Å². The zero-order valence-electron chi connectivity index (χ0n) is 8.52. The molecule has 0 amide bonds. The van der Waals surface area contributed by atoms with Crippen LogP contribution in [-0.2, 0) is 0 Å². The summed E-state index contributed by atoms with van der Waals surface area (Å²) in [4.78, 5) is 9.56. The van der Waals surface area contributed by atoms with Crippen LogP contribution in [0.5, 0.6) is 0 Å². The van der Waals surface area contributed by atoms with Crippen molar-refractivity contribution in [2.75, 3.05) is 12.4 Å². The quantitative estimate of drug-likeness (QED) is 0.815. The fourth-order valence-electron chi connectivity index (χ4n) is 1.13. The van der Waals surface area contributed by atoms with E-state index in [1.165, 1.54) is 0 Å². The SMILES string of the molecule is CNc1ccc(N=c2nc(C)ss2)cc1. The number of anilines is 1. The summed E-state index contributed by atoms with van der Waals surface area (Å²) in [6.45, 7) is 1.99. The smallest absolute Gasteiger partial charge is 0.220 e. The average molecular weight is 237 g/mol. The minimum atomic E-state index is 0.828. The summed E-state index contributed by atoms with van der Waals surface area (Å²) in [5.74, 6) is 0. The van der Waals surface area contributed by atoms with Gasteiger partial charge in [0.05, 0.1) is 5.69 Å². The van der Waals surface area contributed by atoms with Crippen LogP contribution < -0.4 is 10.1 Å². The Kier molecular flexibility index (Phi) is 3.13. The molecule has 15 heavy (non-hydrogen) atoms. The van der Waals surface area contributed by atoms with Gasteiger partial charge in [-0.2, -0.15) is 0 Å². The van der Waals surface area contributed by atoms with Gasteiger partial charge in [0.2, 0.25) is 4.80 Å². The Labute approximate surface area is 95.6 Å². The van der Waals surface area contributed by atoms with Crippen LogP contribution in [0.1, 0.15) is 5.01 Å². The van der Waals surface area contributed by atoms with E-state index in [1.54, 1.807) is 20.7 Å². The number of nitrogens with zero attached hydrogens (tertiary/aromatic N) is 2. The fourth-order valence-corrected chi connectivity index (χ4v) is 2.74. The van der Waals surface area contributed by atoms with E-state index < -0.39 is 0 Å². The molecule has 0 bridgehead atoms. The van der Waals surface area contributed by atoms with Gasteiger partial charge in [-0.15, -0.1) is 0 Å². The summed E-state index contributed by atoms with van der Waals surface area (Å²) in [6.07, 6.45) is 0. The Balaban J connectivity index is 2.31. The normalized spacial score (nSPS) is 11.7. The van der Waals surface area contributed by atoms with Crippen molar-refractivity contribution in [3.8, 4) is 0 Å². The van der Waals surface area contributed by atoms with Crippen LogP contribution in [0.4, 0.5) is 11.4 Å². The van der Waals surface area contributed by atoms with Crippen LogP contribution in [0.15, 0.2) is 29.3 Å². The Morgan fingerprint density at radius 3 is 2.47 bits per heavy atom. The van der Waals surface area contributed by atoms with Crippen molar-refractivity contribution in [3.05, 3.63) is 34.1 Å². The predicted molar refractivity (Wildman–Crippen MR) is 65.9 cm³/mol. The zero-order chi connectivity index (χ0) is 10.7. The number of rotatable bonds is 2. The van der Waals surface area contributed by atoms with E-state index in [1.807, 2.05) is 38.2 Å². The highest BCUT2D eigenvalue weighted by molar-refractivity contribution is 7.68. The Bertz CT molecular complexity index is 496. The molecule has 2 aromatic rings. The van der Waals surface area contributed by atoms with Gasteiger partial charge < -0.3 is 5.32 Å². The minimum absolute atomic E-state index is 0.828. The first-order valence-corrected chi connectivity index (χ1v) is 6.69. The zero-order valence-corrected chi connectivity index (χ0v) is 10.2. The highest BCUT2D eigenvalue weighted by Crippen LogP contribution is 2.15. The number of aryl methyl sites for hydroxylation is 1. The molecule has 0 radical (unpaired) electrons. The number of hydrogen-bond acceptors (Lipinski definition) is 5. The lowest BCUT2D eigenvalue weighted by atomic mass is 10.3. The topological polar surface area (TPSA) is 37.3 Å². The molecule has 0 fully saturated rings. The third kappa shape index (κ3) is 2.64. The second-order valence-corrected chi connectivity index (χ2v) is 5.28. The van der Waals surface area contributed by atoms with Gasteiger partial charge in [0.25, 0.3) is 0 Å².